The highest BCUT2D eigenvalue weighted by atomic mass is 127. The predicted molar refractivity (Wildman–Crippen MR) is 107 cm³/mol. The second-order valence-electron chi connectivity index (χ2n) is 7.89. The van der Waals surface area contributed by atoms with E-state index in [1.807, 2.05) is 0 Å². The molecule has 0 amide bonds. The van der Waals surface area contributed by atoms with Crippen LogP contribution in [0.25, 0.3) is 11.1 Å². The molecule has 5 aliphatic carbocycles. The fourth-order valence-corrected chi connectivity index (χ4v) is 10.0. The minimum Gasteiger partial charge on any atom is -0.0773 e. The van der Waals surface area contributed by atoms with Crippen molar-refractivity contribution in [3.63, 3.8) is 0 Å². The van der Waals surface area contributed by atoms with Gasteiger partial charge in [-0.15, -0.1) is 0 Å². The van der Waals surface area contributed by atoms with Crippen LogP contribution in [-0.2, 0) is 10.8 Å². The summed E-state index contributed by atoms with van der Waals surface area (Å²) < 4.78 is 0.992. The lowest BCUT2D eigenvalue weighted by Gasteiger charge is -2.47. The Labute approximate surface area is 158 Å². The summed E-state index contributed by atoms with van der Waals surface area (Å²) in [7, 11) is 0. The molecular weight excluding hydrogens is 494 g/mol. The molecule has 0 atom stereocenters. The van der Waals surface area contributed by atoms with Crippen molar-refractivity contribution >= 4 is 45.2 Å². The molecule has 4 bridgehead atoms. The first-order valence-electron chi connectivity index (χ1n) is 8.11. The summed E-state index contributed by atoms with van der Waals surface area (Å²) >= 11 is 5.68. The van der Waals surface area contributed by atoms with E-state index in [0.29, 0.717) is 17.7 Å². The molecule has 0 unspecified atom stereocenters. The Morgan fingerprint density at radius 1 is 0.591 bits per heavy atom. The molecule has 2 aromatic rings. The monoisotopic (exact) mass is 510 g/mol. The highest BCUT2D eigenvalue weighted by Crippen LogP contribution is 2.86. The predicted octanol–water partition coefficient (Wildman–Crippen LogP) is 5.79. The fourth-order valence-electron chi connectivity index (χ4n) is 6.64. The van der Waals surface area contributed by atoms with Gasteiger partial charge in [-0.1, -0.05) is 93.7 Å². The van der Waals surface area contributed by atoms with Crippen molar-refractivity contribution in [2.75, 3.05) is 0 Å². The standard InChI is InChI=1S/C20H16I2/c21-19-9-17-10-20(19,22)12-18(17,11-19)16-8-4-2-6-14(16)13-5-1-3-7-15(13)17/h1-8H,9-12H2. The van der Waals surface area contributed by atoms with E-state index in [1.165, 1.54) is 36.8 Å². The maximum Gasteiger partial charge on any atom is 0.0386 e. The van der Waals surface area contributed by atoms with Crippen molar-refractivity contribution in [3.05, 3.63) is 59.7 Å². The van der Waals surface area contributed by atoms with Gasteiger partial charge in [-0.05, 0) is 47.9 Å². The van der Waals surface area contributed by atoms with Crippen LogP contribution >= 0.6 is 45.2 Å². The SMILES string of the molecule is IC12CC34CC1(I)CC3(C2)c1ccccc1-c1ccccc14. The van der Waals surface area contributed by atoms with Crippen LogP contribution in [0.2, 0.25) is 0 Å². The minimum absolute atomic E-state index is 0.403. The quantitative estimate of drug-likeness (QED) is 0.311. The Hall–Kier alpha value is -0.1000. The Bertz CT molecular complexity index is 767. The molecule has 0 nitrogen and oxygen atoms in total. The zero-order valence-corrected chi connectivity index (χ0v) is 16.5. The summed E-state index contributed by atoms with van der Waals surface area (Å²) in [5, 5.41) is 0. The number of rotatable bonds is 0. The zero-order chi connectivity index (χ0) is 14.8. The number of alkyl halides is 2. The molecule has 4 saturated carbocycles. The van der Waals surface area contributed by atoms with Crippen LogP contribution in [0, 0.1) is 0 Å². The lowest BCUT2D eigenvalue weighted by molar-refractivity contribution is 0.299. The van der Waals surface area contributed by atoms with Crippen LogP contribution in [0.3, 0.4) is 0 Å². The largest absolute Gasteiger partial charge is 0.0773 e. The minimum atomic E-state index is 0.403. The third kappa shape index (κ3) is 1.11. The number of fused-ring (bicyclic) bond motifs is 3. The molecule has 7 rings (SSSR count). The average Bonchev–Trinajstić information content (AvgIpc) is 3.08. The van der Waals surface area contributed by atoms with Crippen molar-refractivity contribution < 1.29 is 0 Å². The molecule has 4 fully saturated rings. The van der Waals surface area contributed by atoms with Gasteiger partial charge in [-0.3, -0.25) is 0 Å². The smallest absolute Gasteiger partial charge is 0.0386 e. The van der Waals surface area contributed by atoms with Crippen LogP contribution < -0.4 is 0 Å². The summed E-state index contributed by atoms with van der Waals surface area (Å²) in [5.74, 6) is 0. The van der Waals surface area contributed by atoms with Crippen molar-refractivity contribution in [2.45, 2.75) is 43.4 Å². The van der Waals surface area contributed by atoms with Crippen LogP contribution in [0.4, 0.5) is 0 Å². The Morgan fingerprint density at radius 2 is 0.955 bits per heavy atom. The van der Waals surface area contributed by atoms with Gasteiger partial charge in [0.05, 0.1) is 0 Å². The van der Waals surface area contributed by atoms with Gasteiger partial charge in [0.15, 0.2) is 0 Å². The van der Waals surface area contributed by atoms with E-state index in [-0.39, 0.29) is 0 Å². The molecule has 110 valence electrons. The van der Waals surface area contributed by atoms with Gasteiger partial charge in [0.25, 0.3) is 0 Å². The molecule has 2 spiro atoms. The summed E-state index contributed by atoms with van der Waals surface area (Å²) in [6.45, 7) is 0. The number of hydrogen-bond donors (Lipinski definition) is 0. The summed E-state index contributed by atoms with van der Waals surface area (Å²) in [4.78, 5) is 0. The number of hydrogen-bond acceptors (Lipinski definition) is 0. The second kappa shape index (κ2) is 3.61. The summed E-state index contributed by atoms with van der Waals surface area (Å²) in [5.41, 5.74) is 7.14. The van der Waals surface area contributed by atoms with Gasteiger partial charge in [-0.2, -0.15) is 0 Å². The van der Waals surface area contributed by atoms with E-state index in [1.54, 1.807) is 11.1 Å². The van der Waals surface area contributed by atoms with Crippen molar-refractivity contribution in [1.82, 2.24) is 0 Å². The van der Waals surface area contributed by atoms with E-state index in [0.717, 1.165) is 0 Å². The molecule has 2 aromatic carbocycles. The molecule has 0 heterocycles. The third-order valence-corrected chi connectivity index (χ3v) is 11.8. The van der Waals surface area contributed by atoms with Crippen LogP contribution in [0.1, 0.15) is 36.8 Å². The molecule has 2 heteroatoms. The third-order valence-electron chi connectivity index (χ3n) is 7.22. The highest BCUT2D eigenvalue weighted by Gasteiger charge is 2.84. The van der Waals surface area contributed by atoms with Gasteiger partial charge in [-0.25, -0.2) is 0 Å². The first-order chi connectivity index (χ1) is 10.5. The maximum absolute atomic E-state index is 2.84. The molecule has 5 aliphatic rings. The summed E-state index contributed by atoms with van der Waals surface area (Å²) in [6, 6.07) is 18.6. The molecule has 0 aliphatic heterocycles. The average molecular weight is 510 g/mol. The molecule has 0 aromatic heterocycles. The van der Waals surface area contributed by atoms with Crippen LogP contribution in [-0.4, -0.2) is 6.84 Å². The van der Waals surface area contributed by atoms with E-state index < -0.39 is 0 Å². The van der Waals surface area contributed by atoms with Crippen LogP contribution in [0.5, 0.6) is 0 Å². The maximum atomic E-state index is 2.84. The van der Waals surface area contributed by atoms with Crippen molar-refractivity contribution in [2.24, 2.45) is 0 Å². The van der Waals surface area contributed by atoms with Gasteiger partial charge >= 0.3 is 0 Å². The molecule has 22 heavy (non-hydrogen) atoms. The first kappa shape index (κ1) is 13.2. The Kier molecular flexibility index (Phi) is 2.17. The molecular formula is C20H16I2. The van der Waals surface area contributed by atoms with E-state index in [4.69, 9.17) is 0 Å². The summed E-state index contributed by atoms with van der Waals surface area (Å²) in [6.07, 6.45) is 5.54. The zero-order valence-electron chi connectivity index (χ0n) is 12.2. The van der Waals surface area contributed by atoms with E-state index in [9.17, 15) is 0 Å². The second-order valence-corrected chi connectivity index (χ2v) is 12.0. The van der Waals surface area contributed by atoms with E-state index >= 15 is 0 Å². The number of benzene rings is 2. The topological polar surface area (TPSA) is 0 Å². The molecule has 0 N–H and O–H groups in total. The Balaban J connectivity index is 1.80. The van der Waals surface area contributed by atoms with Crippen molar-refractivity contribution in [1.29, 1.82) is 0 Å². The lowest BCUT2D eigenvalue weighted by atomic mass is 9.55. The van der Waals surface area contributed by atoms with Gasteiger partial charge in [0, 0.05) is 17.7 Å². The highest BCUT2D eigenvalue weighted by molar-refractivity contribution is 14.1. The first-order valence-corrected chi connectivity index (χ1v) is 10.3. The molecule has 0 radical (unpaired) electrons. The van der Waals surface area contributed by atoms with Crippen molar-refractivity contribution in [3.8, 4) is 11.1 Å². The van der Waals surface area contributed by atoms with Gasteiger partial charge < -0.3 is 0 Å². The van der Waals surface area contributed by atoms with E-state index in [2.05, 4.69) is 93.7 Å². The normalized spacial score (nSPS) is 45.7. The lowest BCUT2D eigenvalue weighted by Crippen LogP contribution is -2.43. The van der Waals surface area contributed by atoms with Gasteiger partial charge in [0.1, 0.15) is 0 Å². The Morgan fingerprint density at radius 3 is 1.36 bits per heavy atom. The van der Waals surface area contributed by atoms with Crippen LogP contribution in [0.15, 0.2) is 48.5 Å². The molecule has 0 saturated heterocycles. The van der Waals surface area contributed by atoms with Gasteiger partial charge in [0.2, 0.25) is 0 Å². The number of halogens is 2. The fraction of sp³-hybridized carbons (Fsp3) is 0.400.